The lowest BCUT2D eigenvalue weighted by Crippen LogP contribution is -2.28. The van der Waals surface area contributed by atoms with E-state index in [0.29, 0.717) is 12.2 Å². The molecule has 0 aromatic heterocycles. The molecule has 0 saturated heterocycles. The maximum atomic E-state index is 12.7. The summed E-state index contributed by atoms with van der Waals surface area (Å²) in [6, 6.07) is 4.94. The molecule has 6 heteroatoms. The normalized spacial score (nSPS) is 12.9. The number of halogens is 3. The fourth-order valence-electron chi connectivity index (χ4n) is 1.38. The molecule has 0 spiro atoms. The van der Waals surface area contributed by atoms with Gasteiger partial charge in [0, 0.05) is 18.3 Å². The van der Waals surface area contributed by atoms with Gasteiger partial charge in [-0.25, -0.2) is 0 Å². The molecule has 0 aliphatic carbocycles. The van der Waals surface area contributed by atoms with Crippen molar-refractivity contribution in [1.82, 2.24) is 0 Å². The van der Waals surface area contributed by atoms with Gasteiger partial charge in [-0.3, -0.25) is 0 Å². The van der Waals surface area contributed by atoms with E-state index in [4.69, 9.17) is 11.0 Å². The third kappa shape index (κ3) is 3.64. The topological polar surface area (TPSA) is 61.8 Å². The number of anilines is 1. The largest absolute Gasteiger partial charge is 0.417 e. The van der Waals surface area contributed by atoms with E-state index in [2.05, 4.69) is 5.32 Å². The third-order valence-corrected chi connectivity index (χ3v) is 2.54. The molecule has 0 bridgehead atoms. The summed E-state index contributed by atoms with van der Waals surface area (Å²) in [5.74, 6) is 0. The molecule has 0 saturated carbocycles. The standard InChI is InChI=1S/C12H14F3N3/c1-2-9(17)7-18-10-4-3-8(6-16)11(5-10)12(13,14)15/h3-5,9,18H,2,7,17H2,1H3. The van der Waals surface area contributed by atoms with Crippen molar-refractivity contribution in [3.8, 4) is 6.07 Å². The van der Waals surface area contributed by atoms with Gasteiger partial charge in [0.1, 0.15) is 0 Å². The van der Waals surface area contributed by atoms with Gasteiger partial charge < -0.3 is 11.1 Å². The van der Waals surface area contributed by atoms with E-state index in [1.165, 1.54) is 12.1 Å². The van der Waals surface area contributed by atoms with Gasteiger partial charge >= 0.3 is 6.18 Å². The second-order valence-corrected chi connectivity index (χ2v) is 3.92. The lowest BCUT2D eigenvalue weighted by molar-refractivity contribution is -0.137. The molecule has 1 atom stereocenters. The van der Waals surface area contributed by atoms with Crippen LogP contribution in [-0.2, 0) is 6.18 Å². The lowest BCUT2D eigenvalue weighted by atomic mass is 10.1. The average Bonchev–Trinajstić information content (AvgIpc) is 2.34. The van der Waals surface area contributed by atoms with E-state index in [9.17, 15) is 13.2 Å². The molecular formula is C12H14F3N3. The molecule has 0 amide bonds. The number of hydrogen-bond donors (Lipinski definition) is 2. The first kappa shape index (κ1) is 14.3. The minimum Gasteiger partial charge on any atom is -0.383 e. The molecule has 18 heavy (non-hydrogen) atoms. The van der Waals surface area contributed by atoms with Gasteiger partial charge in [0.05, 0.1) is 17.2 Å². The summed E-state index contributed by atoms with van der Waals surface area (Å²) in [5, 5.41) is 11.5. The second-order valence-electron chi connectivity index (χ2n) is 3.92. The number of alkyl halides is 3. The predicted molar refractivity (Wildman–Crippen MR) is 62.9 cm³/mol. The Morgan fingerprint density at radius 3 is 2.61 bits per heavy atom. The highest BCUT2D eigenvalue weighted by Gasteiger charge is 2.33. The van der Waals surface area contributed by atoms with Crippen LogP contribution < -0.4 is 11.1 Å². The Morgan fingerprint density at radius 1 is 1.44 bits per heavy atom. The summed E-state index contributed by atoms with van der Waals surface area (Å²) in [4.78, 5) is 0. The van der Waals surface area contributed by atoms with E-state index >= 15 is 0 Å². The number of benzene rings is 1. The molecule has 3 N–H and O–H groups in total. The van der Waals surface area contributed by atoms with E-state index in [0.717, 1.165) is 18.6 Å². The molecule has 0 radical (unpaired) electrons. The van der Waals surface area contributed by atoms with Gasteiger partial charge in [-0.1, -0.05) is 6.92 Å². The molecule has 3 nitrogen and oxygen atoms in total. The van der Waals surface area contributed by atoms with Gasteiger partial charge in [-0.2, -0.15) is 18.4 Å². The number of nitrogens with two attached hydrogens (primary N) is 1. The highest BCUT2D eigenvalue weighted by Crippen LogP contribution is 2.33. The molecule has 0 fully saturated rings. The van der Waals surface area contributed by atoms with Gasteiger partial charge in [0.25, 0.3) is 0 Å². The van der Waals surface area contributed by atoms with Gasteiger partial charge in [0.15, 0.2) is 0 Å². The predicted octanol–water partition coefficient (Wildman–Crippen LogP) is 2.73. The number of rotatable bonds is 4. The highest BCUT2D eigenvalue weighted by molar-refractivity contribution is 5.53. The first-order valence-electron chi connectivity index (χ1n) is 5.49. The molecule has 1 unspecified atom stereocenters. The lowest BCUT2D eigenvalue weighted by Gasteiger charge is -2.14. The molecule has 0 aliphatic rings. The van der Waals surface area contributed by atoms with Crippen LogP contribution in [0.25, 0.3) is 0 Å². The number of nitrogens with zero attached hydrogens (tertiary/aromatic N) is 1. The molecule has 1 rings (SSSR count). The second kappa shape index (κ2) is 5.74. The van der Waals surface area contributed by atoms with Crippen LogP contribution in [-0.4, -0.2) is 12.6 Å². The summed E-state index contributed by atoms with van der Waals surface area (Å²) in [6.45, 7) is 2.28. The van der Waals surface area contributed by atoms with Crippen molar-refractivity contribution >= 4 is 5.69 Å². The smallest absolute Gasteiger partial charge is 0.383 e. The molecule has 1 aromatic rings. The summed E-state index contributed by atoms with van der Waals surface area (Å²) in [6.07, 6.45) is -3.80. The van der Waals surface area contributed by atoms with Gasteiger partial charge in [0.2, 0.25) is 0 Å². The summed E-state index contributed by atoms with van der Waals surface area (Å²) >= 11 is 0. The van der Waals surface area contributed by atoms with Crippen LogP contribution in [0.2, 0.25) is 0 Å². The number of nitrogens with one attached hydrogen (secondary N) is 1. The van der Waals surface area contributed by atoms with Crippen molar-refractivity contribution in [3.05, 3.63) is 29.3 Å². The molecular weight excluding hydrogens is 243 g/mol. The summed E-state index contributed by atoms with van der Waals surface area (Å²) in [7, 11) is 0. The quantitative estimate of drug-likeness (QED) is 0.871. The van der Waals surface area contributed by atoms with E-state index in [1.807, 2.05) is 6.92 Å². The summed E-state index contributed by atoms with van der Waals surface area (Å²) in [5.41, 5.74) is 4.66. The van der Waals surface area contributed by atoms with Crippen molar-refractivity contribution < 1.29 is 13.2 Å². The monoisotopic (exact) mass is 257 g/mol. The first-order valence-corrected chi connectivity index (χ1v) is 5.49. The Balaban J connectivity index is 2.94. The average molecular weight is 257 g/mol. The van der Waals surface area contributed by atoms with Crippen LogP contribution in [0.1, 0.15) is 24.5 Å². The van der Waals surface area contributed by atoms with Crippen molar-refractivity contribution in [2.24, 2.45) is 5.73 Å². The van der Waals surface area contributed by atoms with E-state index < -0.39 is 11.7 Å². The zero-order valence-electron chi connectivity index (χ0n) is 9.88. The zero-order valence-corrected chi connectivity index (χ0v) is 9.88. The van der Waals surface area contributed by atoms with E-state index in [1.54, 1.807) is 0 Å². The van der Waals surface area contributed by atoms with Crippen LogP contribution in [0.15, 0.2) is 18.2 Å². The minimum absolute atomic E-state index is 0.116. The Kier molecular flexibility index (Phi) is 4.56. The first-order chi connectivity index (χ1) is 8.38. The fraction of sp³-hybridized carbons (Fsp3) is 0.417. The van der Waals surface area contributed by atoms with Crippen LogP contribution in [0.3, 0.4) is 0 Å². The number of hydrogen-bond acceptors (Lipinski definition) is 3. The molecule has 0 heterocycles. The zero-order chi connectivity index (χ0) is 13.8. The summed E-state index contributed by atoms with van der Waals surface area (Å²) < 4.78 is 38.0. The van der Waals surface area contributed by atoms with E-state index in [-0.39, 0.29) is 11.6 Å². The Labute approximate surface area is 103 Å². The van der Waals surface area contributed by atoms with Gasteiger partial charge in [-0.05, 0) is 24.6 Å². The maximum absolute atomic E-state index is 12.7. The Morgan fingerprint density at radius 2 is 2.11 bits per heavy atom. The van der Waals surface area contributed by atoms with Crippen LogP contribution in [0, 0.1) is 11.3 Å². The van der Waals surface area contributed by atoms with Crippen molar-refractivity contribution in [3.63, 3.8) is 0 Å². The fourth-order valence-corrected chi connectivity index (χ4v) is 1.38. The van der Waals surface area contributed by atoms with Crippen LogP contribution in [0.4, 0.5) is 18.9 Å². The minimum atomic E-state index is -4.53. The molecule has 0 aliphatic heterocycles. The van der Waals surface area contributed by atoms with Crippen molar-refractivity contribution in [2.45, 2.75) is 25.6 Å². The highest BCUT2D eigenvalue weighted by atomic mass is 19.4. The van der Waals surface area contributed by atoms with Crippen LogP contribution >= 0.6 is 0 Å². The molecule has 98 valence electrons. The third-order valence-electron chi connectivity index (χ3n) is 2.54. The SMILES string of the molecule is CCC(N)CNc1ccc(C#N)c(C(F)(F)F)c1. The maximum Gasteiger partial charge on any atom is 0.417 e. The molecule has 1 aromatic carbocycles. The van der Waals surface area contributed by atoms with Crippen molar-refractivity contribution in [2.75, 3.05) is 11.9 Å². The number of nitriles is 1. The van der Waals surface area contributed by atoms with Crippen LogP contribution in [0.5, 0.6) is 0 Å². The Bertz CT molecular complexity index is 449. The Hall–Kier alpha value is -1.74. The van der Waals surface area contributed by atoms with Crippen molar-refractivity contribution in [1.29, 1.82) is 5.26 Å². The van der Waals surface area contributed by atoms with Gasteiger partial charge in [-0.15, -0.1) is 0 Å².